The zero-order valence-electron chi connectivity index (χ0n) is 11.7. The average molecular weight is 247 g/mol. The minimum absolute atomic E-state index is 0.701. The molecule has 2 aliphatic heterocycles. The van der Waals surface area contributed by atoms with Crippen molar-refractivity contribution in [1.29, 1.82) is 0 Å². The number of likely N-dealkylation sites (tertiary alicyclic amines) is 1. The van der Waals surface area contributed by atoms with Gasteiger partial charge in [-0.15, -0.1) is 0 Å². The van der Waals surface area contributed by atoms with E-state index in [0.29, 0.717) is 11.8 Å². The molecular formula is C15H25N3. The van der Waals surface area contributed by atoms with Crippen LogP contribution in [0.25, 0.3) is 0 Å². The molecule has 0 radical (unpaired) electrons. The number of fused-ring (bicyclic) bond motifs is 1. The Morgan fingerprint density at radius 3 is 2.72 bits per heavy atom. The second kappa shape index (κ2) is 5.04. The van der Waals surface area contributed by atoms with Crippen LogP contribution in [0.3, 0.4) is 0 Å². The summed E-state index contributed by atoms with van der Waals surface area (Å²) in [5, 5.41) is 0. The lowest BCUT2D eigenvalue weighted by Crippen LogP contribution is -2.33. The molecule has 0 saturated carbocycles. The van der Waals surface area contributed by atoms with E-state index < -0.39 is 0 Å². The highest BCUT2D eigenvalue weighted by atomic mass is 15.1. The van der Waals surface area contributed by atoms with Gasteiger partial charge >= 0.3 is 0 Å². The van der Waals surface area contributed by atoms with Gasteiger partial charge in [0.05, 0.1) is 0 Å². The third kappa shape index (κ3) is 2.09. The maximum Gasteiger partial charge on any atom is 0.112 e. The fourth-order valence-corrected chi connectivity index (χ4v) is 3.58. The lowest BCUT2D eigenvalue weighted by molar-refractivity contribution is 0.216. The number of hydrogen-bond donors (Lipinski definition) is 0. The molecule has 0 aromatic carbocycles. The molecule has 100 valence electrons. The topological polar surface area (TPSA) is 21.1 Å². The largest absolute Gasteiger partial charge is 0.332 e. The standard InChI is InChI=1S/C15H25N3/c1-3-17-9-6-13(7-10-17)15-16-11-14-12(2)5-4-8-18(14)15/h11-13H,3-10H2,1-2H3. The van der Waals surface area contributed by atoms with E-state index in [9.17, 15) is 0 Å². The Labute approximate surface area is 110 Å². The fourth-order valence-electron chi connectivity index (χ4n) is 3.58. The summed E-state index contributed by atoms with van der Waals surface area (Å²) in [5.74, 6) is 2.79. The molecule has 0 bridgehead atoms. The Bertz CT molecular complexity index is 402. The van der Waals surface area contributed by atoms with Crippen molar-refractivity contribution in [1.82, 2.24) is 14.5 Å². The molecule has 3 nitrogen and oxygen atoms in total. The van der Waals surface area contributed by atoms with Crippen molar-refractivity contribution in [3.05, 3.63) is 17.7 Å². The number of imidazole rings is 1. The van der Waals surface area contributed by atoms with Gasteiger partial charge in [0.15, 0.2) is 0 Å². The first-order valence-corrected chi connectivity index (χ1v) is 7.57. The van der Waals surface area contributed by atoms with Crippen LogP contribution >= 0.6 is 0 Å². The second-order valence-corrected chi connectivity index (χ2v) is 5.94. The molecule has 1 atom stereocenters. The molecule has 3 rings (SSSR count). The third-order valence-electron chi connectivity index (χ3n) is 4.84. The summed E-state index contributed by atoms with van der Waals surface area (Å²) < 4.78 is 2.53. The van der Waals surface area contributed by atoms with Gasteiger partial charge in [-0.25, -0.2) is 4.98 Å². The molecule has 0 aliphatic carbocycles. The van der Waals surface area contributed by atoms with E-state index in [1.807, 2.05) is 0 Å². The van der Waals surface area contributed by atoms with Gasteiger partial charge in [0.1, 0.15) is 5.82 Å². The van der Waals surface area contributed by atoms with E-state index >= 15 is 0 Å². The van der Waals surface area contributed by atoms with Crippen LogP contribution in [0.15, 0.2) is 6.20 Å². The highest BCUT2D eigenvalue weighted by Crippen LogP contribution is 2.33. The highest BCUT2D eigenvalue weighted by molar-refractivity contribution is 5.15. The van der Waals surface area contributed by atoms with E-state index in [1.54, 1.807) is 0 Å². The molecule has 3 heterocycles. The monoisotopic (exact) mass is 247 g/mol. The normalized spacial score (nSPS) is 26.2. The average Bonchev–Trinajstić information content (AvgIpc) is 2.84. The van der Waals surface area contributed by atoms with Crippen LogP contribution < -0.4 is 0 Å². The van der Waals surface area contributed by atoms with Crippen molar-refractivity contribution in [2.24, 2.45) is 0 Å². The maximum absolute atomic E-state index is 4.77. The number of piperidine rings is 1. The summed E-state index contributed by atoms with van der Waals surface area (Å²) >= 11 is 0. The van der Waals surface area contributed by atoms with E-state index in [1.165, 1.54) is 63.4 Å². The van der Waals surface area contributed by atoms with Crippen LogP contribution in [0.5, 0.6) is 0 Å². The molecule has 1 aromatic rings. The van der Waals surface area contributed by atoms with Crippen LogP contribution in [-0.2, 0) is 6.54 Å². The number of nitrogens with zero attached hydrogens (tertiary/aromatic N) is 3. The summed E-state index contributed by atoms with van der Waals surface area (Å²) in [4.78, 5) is 7.32. The first kappa shape index (κ1) is 12.2. The minimum atomic E-state index is 0.701. The Morgan fingerprint density at radius 2 is 2.00 bits per heavy atom. The molecule has 1 saturated heterocycles. The third-order valence-corrected chi connectivity index (χ3v) is 4.84. The van der Waals surface area contributed by atoms with Crippen molar-refractivity contribution in [2.75, 3.05) is 19.6 Å². The van der Waals surface area contributed by atoms with Gasteiger partial charge in [-0.2, -0.15) is 0 Å². The molecule has 2 aliphatic rings. The smallest absolute Gasteiger partial charge is 0.112 e. The van der Waals surface area contributed by atoms with Gasteiger partial charge in [-0.05, 0) is 51.2 Å². The van der Waals surface area contributed by atoms with Gasteiger partial charge in [0.2, 0.25) is 0 Å². The summed E-state index contributed by atoms with van der Waals surface area (Å²) in [6, 6.07) is 0. The van der Waals surface area contributed by atoms with E-state index in [-0.39, 0.29) is 0 Å². The quantitative estimate of drug-likeness (QED) is 0.801. The van der Waals surface area contributed by atoms with Crippen LogP contribution in [-0.4, -0.2) is 34.1 Å². The Balaban J connectivity index is 1.77. The lowest BCUT2D eigenvalue weighted by Gasteiger charge is -2.32. The van der Waals surface area contributed by atoms with Crippen molar-refractivity contribution in [3.63, 3.8) is 0 Å². The molecule has 0 N–H and O–H groups in total. The molecular weight excluding hydrogens is 222 g/mol. The minimum Gasteiger partial charge on any atom is -0.332 e. The van der Waals surface area contributed by atoms with Crippen LogP contribution in [0.4, 0.5) is 0 Å². The summed E-state index contributed by atoms with van der Waals surface area (Å²) in [6.45, 7) is 9.50. The van der Waals surface area contributed by atoms with E-state index in [0.717, 1.165) is 0 Å². The Kier molecular flexibility index (Phi) is 3.42. The van der Waals surface area contributed by atoms with Gasteiger partial charge < -0.3 is 9.47 Å². The summed E-state index contributed by atoms with van der Waals surface area (Å²) in [5.41, 5.74) is 1.48. The van der Waals surface area contributed by atoms with Gasteiger partial charge in [-0.1, -0.05) is 13.8 Å². The molecule has 1 unspecified atom stereocenters. The summed E-state index contributed by atoms with van der Waals surface area (Å²) in [7, 11) is 0. The zero-order valence-corrected chi connectivity index (χ0v) is 11.7. The second-order valence-electron chi connectivity index (χ2n) is 5.94. The highest BCUT2D eigenvalue weighted by Gasteiger charge is 2.27. The Hall–Kier alpha value is -0.830. The Morgan fingerprint density at radius 1 is 1.22 bits per heavy atom. The van der Waals surface area contributed by atoms with E-state index in [2.05, 4.69) is 29.5 Å². The van der Waals surface area contributed by atoms with Gasteiger partial charge in [0, 0.05) is 24.4 Å². The predicted molar refractivity (Wildman–Crippen MR) is 74.0 cm³/mol. The first-order valence-electron chi connectivity index (χ1n) is 7.57. The molecule has 1 aromatic heterocycles. The maximum atomic E-state index is 4.77. The molecule has 18 heavy (non-hydrogen) atoms. The number of hydrogen-bond acceptors (Lipinski definition) is 2. The van der Waals surface area contributed by atoms with E-state index in [4.69, 9.17) is 4.98 Å². The van der Waals surface area contributed by atoms with Gasteiger partial charge in [-0.3, -0.25) is 0 Å². The first-order chi connectivity index (χ1) is 8.79. The summed E-state index contributed by atoms with van der Waals surface area (Å²) in [6.07, 6.45) is 7.38. The van der Waals surface area contributed by atoms with Crippen LogP contribution in [0.2, 0.25) is 0 Å². The number of rotatable bonds is 2. The van der Waals surface area contributed by atoms with Crippen molar-refractivity contribution < 1.29 is 0 Å². The van der Waals surface area contributed by atoms with Crippen LogP contribution in [0.1, 0.15) is 62.9 Å². The van der Waals surface area contributed by atoms with Gasteiger partial charge in [0.25, 0.3) is 0 Å². The molecule has 1 fully saturated rings. The van der Waals surface area contributed by atoms with Crippen molar-refractivity contribution in [3.8, 4) is 0 Å². The van der Waals surface area contributed by atoms with Crippen molar-refractivity contribution in [2.45, 2.75) is 57.9 Å². The molecule has 0 amide bonds. The molecule has 0 spiro atoms. The predicted octanol–water partition coefficient (Wildman–Crippen LogP) is 2.98. The lowest BCUT2D eigenvalue weighted by atomic mass is 9.94. The van der Waals surface area contributed by atoms with Crippen molar-refractivity contribution >= 4 is 0 Å². The molecule has 3 heteroatoms. The SMILES string of the molecule is CCN1CCC(c2ncc3n2CCCC3C)CC1. The zero-order chi connectivity index (χ0) is 12.5. The van der Waals surface area contributed by atoms with Crippen LogP contribution in [0, 0.1) is 0 Å². The fraction of sp³-hybridized carbons (Fsp3) is 0.800. The number of aromatic nitrogens is 2.